The minimum atomic E-state index is 0.0990. The van der Waals surface area contributed by atoms with Crippen molar-refractivity contribution in [2.45, 2.75) is 6.92 Å². The molecule has 2 atom stereocenters. The second-order valence-corrected chi connectivity index (χ2v) is 5.39. The monoisotopic (exact) mass is 246 g/mol. The fourth-order valence-corrected chi connectivity index (χ4v) is 3.08. The van der Waals surface area contributed by atoms with Gasteiger partial charge in [-0.2, -0.15) is 0 Å². The van der Waals surface area contributed by atoms with Crippen LogP contribution in [0.3, 0.4) is 0 Å². The van der Waals surface area contributed by atoms with Gasteiger partial charge in [-0.25, -0.2) is 0 Å². The van der Waals surface area contributed by atoms with Gasteiger partial charge < -0.3 is 15.3 Å². The molecule has 0 bridgehead atoms. The van der Waals surface area contributed by atoms with Gasteiger partial charge in [0, 0.05) is 31.7 Å². The van der Waals surface area contributed by atoms with Crippen molar-refractivity contribution < 1.29 is 9.90 Å². The van der Waals surface area contributed by atoms with E-state index in [1.165, 1.54) is 0 Å². The van der Waals surface area contributed by atoms with Gasteiger partial charge in [0.1, 0.15) is 5.75 Å². The second kappa shape index (κ2) is 4.28. The molecule has 2 heterocycles. The molecule has 0 unspecified atom stereocenters. The Bertz CT molecular complexity index is 475. The lowest BCUT2D eigenvalue weighted by atomic mass is 10.0. The second-order valence-electron chi connectivity index (χ2n) is 5.39. The molecule has 2 N–H and O–H groups in total. The van der Waals surface area contributed by atoms with Gasteiger partial charge in [0.05, 0.1) is 0 Å². The Morgan fingerprint density at radius 1 is 1.33 bits per heavy atom. The molecular formula is C14H18N2O2. The van der Waals surface area contributed by atoms with Gasteiger partial charge >= 0.3 is 0 Å². The van der Waals surface area contributed by atoms with E-state index >= 15 is 0 Å². The third-order valence-electron chi connectivity index (χ3n) is 4.12. The highest BCUT2D eigenvalue weighted by atomic mass is 16.3. The van der Waals surface area contributed by atoms with Crippen LogP contribution < -0.4 is 5.32 Å². The number of carbonyl (C=O) groups excluding carboxylic acids is 1. The molecule has 2 aliphatic rings. The molecule has 0 radical (unpaired) electrons. The predicted octanol–water partition coefficient (Wildman–Crippen LogP) is 0.992. The van der Waals surface area contributed by atoms with Crippen molar-refractivity contribution in [1.82, 2.24) is 10.2 Å². The molecule has 2 aliphatic heterocycles. The maximum absolute atomic E-state index is 12.4. The average Bonchev–Trinajstić information content (AvgIpc) is 2.87. The van der Waals surface area contributed by atoms with Crippen molar-refractivity contribution in [2.24, 2.45) is 11.8 Å². The largest absolute Gasteiger partial charge is 0.508 e. The van der Waals surface area contributed by atoms with Crippen molar-refractivity contribution in [3.63, 3.8) is 0 Å². The highest BCUT2D eigenvalue weighted by Crippen LogP contribution is 2.28. The number of likely N-dealkylation sites (tertiary alicyclic amines) is 1. The number of benzene rings is 1. The van der Waals surface area contributed by atoms with Crippen LogP contribution in [0.15, 0.2) is 18.2 Å². The van der Waals surface area contributed by atoms with Crippen LogP contribution in [0.25, 0.3) is 0 Å². The summed E-state index contributed by atoms with van der Waals surface area (Å²) in [5.74, 6) is 1.55. The minimum absolute atomic E-state index is 0.0990. The van der Waals surface area contributed by atoms with Gasteiger partial charge in [-0.3, -0.25) is 4.79 Å². The van der Waals surface area contributed by atoms with Crippen LogP contribution in [0.2, 0.25) is 0 Å². The molecule has 1 amide bonds. The Hall–Kier alpha value is -1.55. The van der Waals surface area contributed by atoms with E-state index < -0.39 is 0 Å². The summed E-state index contributed by atoms with van der Waals surface area (Å²) in [5, 5.41) is 12.8. The standard InChI is InChI=1S/C14H18N2O2/c1-9-4-12(17)2-3-13(9)14(18)16-7-10-5-15-6-11(10)8-16/h2-4,10-11,15,17H,5-8H2,1H3/t10-,11+. The summed E-state index contributed by atoms with van der Waals surface area (Å²) < 4.78 is 0. The number of aryl methyl sites for hydroxylation is 1. The SMILES string of the molecule is Cc1cc(O)ccc1C(=O)N1C[C@H]2CNC[C@H]2C1. The number of amides is 1. The summed E-state index contributed by atoms with van der Waals surface area (Å²) in [6.07, 6.45) is 0. The lowest BCUT2D eigenvalue weighted by Gasteiger charge is -2.18. The molecule has 4 nitrogen and oxygen atoms in total. The van der Waals surface area contributed by atoms with Crippen molar-refractivity contribution in [2.75, 3.05) is 26.2 Å². The zero-order valence-electron chi connectivity index (χ0n) is 10.5. The molecule has 3 rings (SSSR count). The molecule has 0 spiro atoms. The first-order chi connectivity index (χ1) is 8.65. The van der Waals surface area contributed by atoms with E-state index in [4.69, 9.17) is 0 Å². The Labute approximate surface area is 107 Å². The van der Waals surface area contributed by atoms with Crippen LogP contribution >= 0.6 is 0 Å². The molecular weight excluding hydrogens is 228 g/mol. The minimum Gasteiger partial charge on any atom is -0.508 e. The number of hydrogen-bond acceptors (Lipinski definition) is 3. The van der Waals surface area contributed by atoms with Crippen molar-refractivity contribution in [3.8, 4) is 5.75 Å². The molecule has 0 saturated carbocycles. The molecule has 4 heteroatoms. The third-order valence-corrected chi connectivity index (χ3v) is 4.12. The van der Waals surface area contributed by atoms with E-state index in [2.05, 4.69) is 5.32 Å². The molecule has 18 heavy (non-hydrogen) atoms. The maximum atomic E-state index is 12.4. The zero-order valence-corrected chi connectivity index (χ0v) is 10.5. The van der Waals surface area contributed by atoms with Crippen LogP contribution in [0.4, 0.5) is 0 Å². The summed E-state index contributed by atoms with van der Waals surface area (Å²) in [4.78, 5) is 14.4. The van der Waals surface area contributed by atoms with Crippen LogP contribution in [0.5, 0.6) is 5.75 Å². The Morgan fingerprint density at radius 3 is 2.61 bits per heavy atom. The summed E-state index contributed by atoms with van der Waals surface area (Å²) in [7, 11) is 0. The van der Waals surface area contributed by atoms with E-state index in [1.807, 2.05) is 11.8 Å². The lowest BCUT2D eigenvalue weighted by Crippen LogP contribution is -2.32. The van der Waals surface area contributed by atoms with E-state index in [9.17, 15) is 9.90 Å². The fourth-order valence-electron chi connectivity index (χ4n) is 3.08. The van der Waals surface area contributed by atoms with Gasteiger partial charge in [0.15, 0.2) is 0 Å². The zero-order chi connectivity index (χ0) is 12.7. The first kappa shape index (κ1) is 11.5. The summed E-state index contributed by atoms with van der Waals surface area (Å²) in [5.41, 5.74) is 1.55. The number of rotatable bonds is 1. The predicted molar refractivity (Wildman–Crippen MR) is 68.6 cm³/mol. The van der Waals surface area contributed by atoms with Gasteiger partial charge in [-0.05, 0) is 42.5 Å². The van der Waals surface area contributed by atoms with E-state index in [0.29, 0.717) is 17.4 Å². The topological polar surface area (TPSA) is 52.6 Å². The van der Waals surface area contributed by atoms with Crippen LogP contribution in [-0.4, -0.2) is 42.1 Å². The highest BCUT2D eigenvalue weighted by molar-refractivity contribution is 5.96. The Morgan fingerprint density at radius 2 is 2.00 bits per heavy atom. The molecule has 2 fully saturated rings. The summed E-state index contributed by atoms with van der Waals surface area (Å²) >= 11 is 0. The van der Waals surface area contributed by atoms with E-state index in [1.54, 1.807) is 18.2 Å². The number of aromatic hydroxyl groups is 1. The van der Waals surface area contributed by atoms with Crippen molar-refractivity contribution in [3.05, 3.63) is 29.3 Å². The molecule has 0 aliphatic carbocycles. The van der Waals surface area contributed by atoms with Gasteiger partial charge in [0.25, 0.3) is 5.91 Å². The number of carbonyl (C=O) groups is 1. The maximum Gasteiger partial charge on any atom is 0.254 e. The molecule has 1 aromatic carbocycles. The summed E-state index contributed by atoms with van der Waals surface area (Å²) in [6.45, 7) is 5.64. The normalized spacial score (nSPS) is 26.4. The fraction of sp³-hybridized carbons (Fsp3) is 0.500. The first-order valence-electron chi connectivity index (χ1n) is 6.45. The van der Waals surface area contributed by atoms with Gasteiger partial charge in [0.2, 0.25) is 0 Å². The number of hydrogen-bond donors (Lipinski definition) is 2. The molecule has 0 aromatic heterocycles. The smallest absolute Gasteiger partial charge is 0.254 e. The third kappa shape index (κ3) is 1.86. The molecule has 96 valence electrons. The van der Waals surface area contributed by atoms with Gasteiger partial charge in [-0.1, -0.05) is 0 Å². The van der Waals surface area contributed by atoms with Gasteiger partial charge in [-0.15, -0.1) is 0 Å². The number of fused-ring (bicyclic) bond motifs is 1. The number of nitrogens with zero attached hydrogens (tertiary/aromatic N) is 1. The van der Waals surface area contributed by atoms with Crippen LogP contribution in [-0.2, 0) is 0 Å². The van der Waals surface area contributed by atoms with E-state index in [-0.39, 0.29) is 11.7 Å². The Kier molecular flexibility index (Phi) is 2.74. The highest BCUT2D eigenvalue weighted by Gasteiger charge is 2.38. The van der Waals surface area contributed by atoms with Crippen LogP contribution in [0, 0.1) is 18.8 Å². The summed E-state index contributed by atoms with van der Waals surface area (Å²) in [6, 6.07) is 4.95. The van der Waals surface area contributed by atoms with Crippen molar-refractivity contribution in [1.29, 1.82) is 0 Å². The molecule has 2 saturated heterocycles. The number of nitrogens with one attached hydrogen (secondary N) is 1. The molecule has 1 aromatic rings. The number of phenols is 1. The van der Waals surface area contributed by atoms with E-state index in [0.717, 1.165) is 31.7 Å². The number of phenolic OH excluding ortho intramolecular Hbond substituents is 1. The van der Waals surface area contributed by atoms with Crippen LogP contribution in [0.1, 0.15) is 15.9 Å². The lowest BCUT2D eigenvalue weighted by molar-refractivity contribution is 0.0781. The first-order valence-corrected chi connectivity index (χ1v) is 6.45. The average molecular weight is 246 g/mol. The van der Waals surface area contributed by atoms with Crippen molar-refractivity contribution >= 4 is 5.91 Å². The Balaban J connectivity index is 1.79. The quantitative estimate of drug-likeness (QED) is 0.777.